The van der Waals surface area contributed by atoms with Gasteiger partial charge in [-0.05, 0) is 19.1 Å². The molecule has 0 aliphatic rings. The number of thiophene rings is 1. The van der Waals surface area contributed by atoms with Crippen LogP contribution in [0.4, 0.5) is 0 Å². The van der Waals surface area contributed by atoms with Gasteiger partial charge in [-0.25, -0.2) is 17.9 Å². The van der Waals surface area contributed by atoms with Crippen molar-refractivity contribution < 1.29 is 18.3 Å². The number of nitrogens with zero attached hydrogens (tertiary/aromatic N) is 2. The van der Waals surface area contributed by atoms with Crippen LogP contribution in [-0.4, -0.2) is 29.3 Å². The van der Waals surface area contributed by atoms with Crippen LogP contribution >= 0.6 is 11.3 Å². The van der Waals surface area contributed by atoms with Gasteiger partial charge in [0, 0.05) is 18.1 Å². The predicted molar refractivity (Wildman–Crippen MR) is 73.2 cm³/mol. The summed E-state index contributed by atoms with van der Waals surface area (Å²) < 4.78 is 28.3. The van der Waals surface area contributed by atoms with Crippen LogP contribution in [0.5, 0.6) is 0 Å². The van der Waals surface area contributed by atoms with Crippen LogP contribution in [-0.2, 0) is 23.6 Å². The number of carboxylic acids is 1. The fourth-order valence-corrected chi connectivity index (χ4v) is 4.09. The molecule has 0 saturated heterocycles. The van der Waals surface area contributed by atoms with Crippen LogP contribution in [0.3, 0.4) is 0 Å². The standard InChI is InChI=1S/C11H13N3O4S2/c1-7-10(5-9(19-7)11(15)16)20(17,18)13-6-8-3-4-12-14(8)2/h3-5,13H,6H2,1-2H3,(H,15,16). The third-order valence-corrected chi connectivity index (χ3v) is 5.43. The summed E-state index contributed by atoms with van der Waals surface area (Å²) in [4.78, 5) is 11.3. The first kappa shape index (κ1) is 14.7. The first-order valence-corrected chi connectivity index (χ1v) is 7.91. The van der Waals surface area contributed by atoms with Crippen molar-refractivity contribution >= 4 is 27.3 Å². The van der Waals surface area contributed by atoms with E-state index < -0.39 is 16.0 Å². The third kappa shape index (κ3) is 2.89. The molecule has 0 aliphatic heterocycles. The Kier molecular flexibility index (Phi) is 3.93. The van der Waals surface area contributed by atoms with Crippen LogP contribution in [0, 0.1) is 6.92 Å². The number of carbonyl (C=O) groups is 1. The maximum absolute atomic E-state index is 12.2. The highest BCUT2D eigenvalue weighted by molar-refractivity contribution is 7.89. The first-order chi connectivity index (χ1) is 9.31. The van der Waals surface area contributed by atoms with Gasteiger partial charge in [0.15, 0.2) is 0 Å². The fourth-order valence-electron chi connectivity index (χ4n) is 1.66. The molecule has 0 amide bonds. The topological polar surface area (TPSA) is 101 Å². The lowest BCUT2D eigenvalue weighted by Crippen LogP contribution is -2.24. The summed E-state index contributed by atoms with van der Waals surface area (Å²) in [6.45, 7) is 1.67. The van der Waals surface area contributed by atoms with Gasteiger partial charge in [-0.15, -0.1) is 11.3 Å². The zero-order chi connectivity index (χ0) is 14.9. The number of aromatic carboxylic acids is 1. The number of hydrogen-bond acceptors (Lipinski definition) is 5. The molecule has 0 aromatic carbocycles. The van der Waals surface area contributed by atoms with Gasteiger partial charge in [0.1, 0.15) is 4.88 Å². The van der Waals surface area contributed by atoms with Crippen molar-refractivity contribution in [3.63, 3.8) is 0 Å². The molecule has 108 valence electrons. The maximum Gasteiger partial charge on any atom is 0.345 e. The Morgan fingerprint density at radius 2 is 2.25 bits per heavy atom. The lowest BCUT2D eigenvalue weighted by atomic mass is 10.4. The van der Waals surface area contributed by atoms with Crippen molar-refractivity contribution in [1.82, 2.24) is 14.5 Å². The summed E-state index contributed by atoms with van der Waals surface area (Å²) >= 11 is 0.940. The van der Waals surface area contributed by atoms with Gasteiger partial charge < -0.3 is 5.11 Å². The summed E-state index contributed by atoms with van der Waals surface area (Å²) in [5.41, 5.74) is 0.708. The minimum absolute atomic E-state index is 0.00192. The molecule has 0 unspecified atom stereocenters. The second-order valence-electron chi connectivity index (χ2n) is 4.11. The third-order valence-electron chi connectivity index (χ3n) is 2.74. The van der Waals surface area contributed by atoms with E-state index in [9.17, 15) is 13.2 Å². The molecular weight excluding hydrogens is 302 g/mol. The molecule has 2 aromatic heterocycles. The molecule has 9 heteroatoms. The number of rotatable bonds is 5. The smallest absolute Gasteiger partial charge is 0.345 e. The van der Waals surface area contributed by atoms with Crippen molar-refractivity contribution in [2.75, 3.05) is 0 Å². The minimum Gasteiger partial charge on any atom is -0.477 e. The van der Waals surface area contributed by atoms with E-state index in [1.54, 1.807) is 30.9 Å². The number of aromatic nitrogens is 2. The molecule has 2 heterocycles. The van der Waals surface area contributed by atoms with Gasteiger partial charge in [0.2, 0.25) is 10.0 Å². The summed E-state index contributed by atoms with van der Waals surface area (Å²) in [6.07, 6.45) is 1.57. The van der Waals surface area contributed by atoms with Crippen molar-refractivity contribution in [1.29, 1.82) is 0 Å². The Bertz CT molecular complexity index is 746. The quantitative estimate of drug-likeness (QED) is 0.856. The predicted octanol–water partition coefficient (Wildman–Crippen LogP) is 0.967. The van der Waals surface area contributed by atoms with E-state index >= 15 is 0 Å². The van der Waals surface area contributed by atoms with Crippen LogP contribution in [0.2, 0.25) is 0 Å². The van der Waals surface area contributed by atoms with E-state index in [1.165, 1.54) is 6.07 Å². The lowest BCUT2D eigenvalue weighted by Gasteiger charge is -2.06. The van der Waals surface area contributed by atoms with Gasteiger partial charge in [-0.3, -0.25) is 4.68 Å². The molecule has 2 rings (SSSR count). The molecule has 0 fully saturated rings. The number of sulfonamides is 1. The van der Waals surface area contributed by atoms with Gasteiger partial charge in [0.05, 0.1) is 17.1 Å². The van der Waals surface area contributed by atoms with Gasteiger partial charge >= 0.3 is 5.97 Å². The molecule has 0 spiro atoms. The highest BCUT2D eigenvalue weighted by Gasteiger charge is 2.22. The Hall–Kier alpha value is -1.71. The Balaban J connectivity index is 2.22. The summed E-state index contributed by atoms with van der Waals surface area (Å²) in [5.74, 6) is -1.13. The van der Waals surface area contributed by atoms with Gasteiger partial charge in [-0.1, -0.05) is 0 Å². The normalized spacial score (nSPS) is 11.7. The van der Waals surface area contributed by atoms with Gasteiger partial charge in [-0.2, -0.15) is 5.10 Å². The van der Waals surface area contributed by atoms with Crippen molar-refractivity contribution in [3.05, 3.63) is 33.8 Å². The molecule has 20 heavy (non-hydrogen) atoms. The van der Waals surface area contributed by atoms with Crippen molar-refractivity contribution in [2.45, 2.75) is 18.4 Å². The van der Waals surface area contributed by atoms with E-state index in [1.807, 2.05) is 0 Å². The van der Waals surface area contributed by atoms with Crippen LogP contribution in [0.25, 0.3) is 0 Å². The van der Waals surface area contributed by atoms with Gasteiger partial charge in [0.25, 0.3) is 0 Å². The van der Waals surface area contributed by atoms with Crippen molar-refractivity contribution in [2.24, 2.45) is 7.05 Å². The summed E-state index contributed by atoms with van der Waals surface area (Å²) in [6, 6.07) is 2.87. The lowest BCUT2D eigenvalue weighted by molar-refractivity contribution is 0.0702. The molecule has 0 radical (unpaired) electrons. The molecule has 0 bridgehead atoms. The second-order valence-corrected chi connectivity index (χ2v) is 7.10. The molecule has 0 atom stereocenters. The average molecular weight is 315 g/mol. The molecule has 0 aliphatic carbocycles. The zero-order valence-corrected chi connectivity index (χ0v) is 12.5. The first-order valence-electron chi connectivity index (χ1n) is 5.61. The summed E-state index contributed by atoms with van der Waals surface area (Å²) in [7, 11) is -2.03. The second kappa shape index (κ2) is 5.35. The molecule has 2 aromatic rings. The van der Waals surface area contributed by atoms with Crippen molar-refractivity contribution in [3.8, 4) is 0 Å². The monoisotopic (exact) mass is 315 g/mol. The Morgan fingerprint density at radius 3 is 2.75 bits per heavy atom. The van der Waals surface area contributed by atoms with Crippen LogP contribution < -0.4 is 4.72 Å². The van der Waals surface area contributed by atoms with Crippen LogP contribution in [0.1, 0.15) is 20.2 Å². The summed E-state index contributed by atoms with van der Waals surface area (Å²) in [5, 5.41) is 12.8. The minimum atomic E-state index is -3.74. The fraction of sp³-hybridized carbons (Fsp3) is 0.273. The molecule has 0 saturated carbocycles. The van der Waals surface area contributed by atoms with E-state index in [0.29, 0.717) is 10.6 Å². The Morgan fingerprint density at radius 1 is 1.55 bits per heavy atom. The number of aryl methyl sites for hydroxylation is 2. The highest BCUT2D eigenvalue weighted by atomic mass is 32.2. The zero-order valence-electron chi connectivity index (χ0n) is 10.8. The average Bonchev–Trinajstić information content (AvgIpc) is 2.93. The largest absolute Gasteiger partial charge is 0.477 e. The number of hydrogen-bond donors (Lipinski definition) is 2. The number of carboxylic acid groups (broad SMARTS) is 1. The van der Waals surface area contributed by atoms with E-state index in [4.69, 9.17) is 5.11 Å². The SMILES string of the molecule is Cc1sc(C(=O)O)cc1S(=O)(=O)NCc1ccnn1C. The van der Waals surface area contributed by atoms with Crippen LogP contribution in [0.15, 0.2) is 23.2 Å². The highest BCUT2D eigenvalue weighted by Crippen LogP contribution is 2.25. The number of nitrogens with one attached hydrogen (secondary N) is 1. The van der Waals surface area contributed by atoms with E-state index in [2.05, 4.69) is 9.82 Å². The molecular formula is C11H13N3O4S2. The maximum atomic E-state index is 12.2. The van der Waals surface area contributed by atoms with E-state index in [-0.39, 0.29) is 16.3 Å². The molecule has 2 N–H and O–H groups in total. The molecule has 7 nitrogen and oxygen atoms in total. The Labute approximate surface area is 119 Å². The van der Waals surface area contributed by atoms with E-state index in [0.717, 1.165) is 11.3 Å².